The van der Waals surface area contributed by atoms with Gasteiger partial charge in [-0.2, -0.15) is 5.10 Å². The van der Waals surface area contributed by atoms with Gasteiger partial charge in [0.2, 0.25) is 0 Å². The van der Waals surface area contributed by atoms with E-state index in [0.29, 0.717) is 23.7 Å². The van der Waals surface area contributed by atoms with Crippen molar-refractivity contribution < 1.29 is 4.79 Å². The molecule has 8 heteroatoms. The number of rotatable bonds is 4. The maximum Gasteiger partial charge on any atom is 0.270 e. The Kier molecular flexibility index (Phi) is 4.96. The summed E-state index contributed by atoms with van der Waals surface area (Å²) in [7, 11) is 0. The first-order valence-corrected chi connectivity index (χ1v) is 8.62. The number of nitrogens with two attached hydrogens (primary N) is 1. The number of aromatic nitrogens is 3. The van der Waals surface area contributed by atoms with E-state index < -0.39 is 0 Å². The fraction of sp³-hybridized carbons (Fsp3) is 0.0625. The average Bonchev–Trinajstić information content (AvgIpc) is 3.11. The normalized spacial score (nSPS) is 10.6. The van der Waals surface area contributed by atoms with Gasteiger partial charge in [0.05, 0.1) is 5.69 Å². The van der Waals surface area contributed by atoms with Crippen LogP contribution < -0.4 is 11.1 Å². The molecule has 0 fully saturated rings. The van der Waals surface area contributed by atoms with E-state index in [-0.39, 0.29) is 5.91 Å². The third-order valence-corrected chi connectivity index (χ3v) is 4.44. The number of nitrogens with one attached hydrogen (secondary N) is 1. The number of amides is 1. The molecular weight excluding hydrogens is 438 g/mol. The first kappa shape index (κ1) is 16.7. The Bertz CT molecular complexity index is 880. The molecule has 0 radical (unpaired) electrons. The van der Waals surface area contributed by atoms with Crippen LogP contribution in [0.1, 0.15) is 16.1 Å². The Morgan fingerprint density at radius 1 is 1.25 bits per heavy atom. The summed E-state index contributed by atoms with van der Waals surface area (Å²) in [5.41, 5.74) is 7.74. The minimum absolute atomic E-state index is 0.278. The van der Waals surface area contributed by atoms with Gasteiger partial charge in [-0.3, -0.25) is 4.79 Å². The van der Waals surface area contributed by atoms with Crippen LogP contribution in [0.3, 0.4) is 0 Å². The molecule has 0 aliphatic carbocycles. The molecule has 0 atom stereocenters. The van der Waals surface area contributed by atoms with Gasteiger partial charge in [0.25, 0.3) is 5.91 Å². The van der Waals surface area contributed by atoms with E-state index in [2.05, 4.69) is 47.3 Å². The SMILES string of the molecule is Nc1c(Br)cc(Br)cc1CNC(=O)c1cccc(-n2cccn2)n1. The molecule has 0 unspecified atom stereocenters. The summed E-state index contributed by atoms with van der Waals surface area (Å²) < 4.78 is 3.26. The van der Waals surface area contributed by atoms with Gasteiger partial charge >= 0.3 is 0 Å². The lowest BCUT2D eigenvalue weighted by molar-refractivity contribution is 0.0946. The number of carbonyl (C=O) groups excluding carboxylic acids is 1. The van der Waals surface area contributed by atoms with Gasteiger partial charge in [-0.25, -0.2) is 9.67 Å². The van der Waals surface area contributed by atoms with E-state index in [1.807, 2.05) is 12.1 Å². The lowest BCUT2D eigenvalue weighted by Crippen LogP contribution is -2.24. The zero-order chi connectivity index (χ0) is 17.1. The topological polar surface area (TPSA) is 85.8 Å². The van der Waals surface area contributed by atoms with Gasteiger partial charge in [0.1, 0.15) is 5.69 Å². The minimum atomic E-state index is -0.278. The molecule has 2 aromatic heterocycles. The van der Waals surface area contributed by atoms with Gasteiger partial charge in [0.15, 0.2) is 5.82 Å². The highest BCUT2D eigenvalue weighted by Crippen LogP contribution is 2.28. The fourth-order valence-electron chi connectivity index (χ4n) is 2.13. The summed E-state index contributed by atoms with van der Waals surface area (Å²) in [5, 5.41) is 6.94. The molecule has 3 rings (SSSR count). The van der Waals surface area contributed by atoms with Crippen LogP contribution in [0.5, 0.6) is 0 Å². The fourth-order valence-corrected chi connectivity index (χ4v) is 3.45. The average molecular weight is 451 g/mol. The van der Waals surface area contributed by atoms with Crippen LogP contribution in [-0.2, 0) is 6.54 Å². The molecule has 0 aliphatic heterocycles. The molecular formula is C16H13Br2N5O. The molecule has 0 aliphatic rings. The van der Waals surface area contributed by atoms with Gasteiger partial charge in [-0.15, -0.1) is 0 Å². The number of carbonyl (C=O) groups is 1. The molecule has 0 spiro atoms. The summed E-state index contributed by atoms with van der Waals surface area (Å²) in [6.07, 6.45) is 3.42. The molecule has 3 N–H and O–H groups in total. The van der Waals surface area contributed by atoms with E-state index in [4.69, 9.17) is 5.73 Å². The Morgan fingerprint density at radius 2 is 2.08 bits per heavy atom. The van der Waals surface area contributed by atoms with E-state index >= 15 is 0 Å². The highest BCUT2D eigenvalue weighted by molar-refractivity contribution is 9.11. The van der Waals surface area contributed by atoms with Crippen molar-refractivity contribution >= 4 is 43.5 Å². The van der Waals surface area contributed by atoms with Crippen molar-refractivity contribution in [2.75, 3.05) is 5.73 Å². The molecule has 0 saturated heterocycles. The number of halogens is 2. The molecule has 1 amide bonds. The van der Waals surface area contributed by atoms with Crippen LogP contribution in [0.2, 0.25) is 0 Å². The number of nitrogen functional groups attached to an aromatic ring is 1. The number of nitrogens with zero attached hydrogens (tertiary/aromatic N) is 3. The van der Waals surface area contributed by atoms with Crippen LogP contribution in [0.4, 0.5) is 5.69 Å². The number of hydrogen-bond acceptors (Lipinski definition) is 4. The molecule has 1 aromatic carbocycles. The highest BCUT2D eigenvalue weighted by Gasteiger charge is 2.11. The van der Waals surface area contributed by atoms with Crippen molar-refractivity contribution in [1.29, 1.82) is 0 Å². The van der Waals surface area contributed by atoms with Gasteiger partial charge in [-0.05, 0) is 51.8 Å². The monoisotopic (exact) mass is 449 g/mol. The van der Waals surface area contributed by atoms with Gasteiger partial charge in [-0.1, -0.05) is 22.0 Å². The van der Waals surface area contributed by atoms with Crippen LogP contribution in [0, 0.1) is 0 Å². The van der Waals surface area contributed by atoms with Crippen LogP contribution in [0.15, 0.2) is 57.7 Å². The van der Waals surface area contributed by atoms with Crippen molar-refractivity contribution in [2.45, 2.75) is 6.54 Å². The third kappa shape index (κ3) is 3.65. The number of hydrogen-bond donors (Lipinski definition) is 2. The number of anilines is 1. The summed E-state index contributed by atoms with van der Waals surface area (Å²) >= 11 is 6.80. The van der Waals surface area contributed by atoms with Crippen molar-refractivity contribution in [3.8, 4) is 5.82 Å². The first-order chi connectivity index (χ1) is 11.5. The molecule has 122 valence electrons. The lowest BCUT2D eigenvalue weighted by Gasteiger charge is -2.10. The highest BCUT2D eigenvalue weighted by atomic mass is 79.9. The van der Waals surface area contributed by atoms with E-state index in [1.54, 1.807) is 41.3 Å². The largest absolute Gasteiger partial charge is 0.398 e. The van der Waals surface area contributed by atoms with E-state index in [1.165, 1.54) is 0 Å². The summed E-state index contributed by atoms with van der Waals surface area (Å²) in [5.74, 6) is 0.303. The standard InChI is InChI=1S/C16H13Br2N5O/c17-11-7-10(15(19)12(18)8-11)9-20-16(24)13-3-1-4-14(22-13)23-6-2-5-21-23/h1-8H,9,19H2,(H,20,24). The second kappa shape index (κ2) is 7.14. The second-order valence-electron chi connectivity index (χ2n) is 4.97. The number of benzene rings is 1. The maximum absolute atomic E-state index is 12.4. The summed E-state index contributed by atoms with van der Waals surface area (Å²) in [6.45, 7) is 0.302. The minimum Gasteiger partial charge on any atom is -0.398 e. The second-order valence-corrected chi connectivity index (χ2v) is 6.74. The lowest BCUT2D eigenvalue weighted by atomic mass is 10.2. The van der Waals surface area contributed by atoms with Crippen LogP contribution in [-0.4, -0.2) is 20.7 Å². The smallest absolute Gasteiger partial charge is 0.270 e. The van der Waals surface area contributed by atoms with Crippen molar-refractivity contribution in [3.63, 3.8) is 0 Å². The van der Waals surface area contributed by atoms with Crippen LogP contribution >= 0.6 is 31.9 Å². The van der Waals surface area contributed by atoms with Crippen molar-refractivity contribution in [1.82, 2.24) is 20.1 Å². The molecule has 3 aromatic rings. The zero-order valence-corrected chi connectivity index (χ0v) is 15.6. The van der Waals surface area contributed by atoms with Crippen molar-refractivity contribution in [2.24, 2.45) is 0 Å². The predicted octanol–water partition coefficient (Wildman–Crippen LogP) is 3.30. The molecule has 24 heavy (non-hydrogen) atoms. The number of pyridine rings is 1. The Morgan fingerprint density at radius 3 is 2.83 bits per heavy atom. The van der Waals surface area contributed by atoms with Gasteiger partial charge < -0.3 is 11.1 Å². The zero-order valence-electron chi connectivity index (χ0n) is 12.4. The van der Waals surface area contributed by atoms with E-state index in [9.17, 15) is 4.79 Å². The molecule has 0 bridgehead atoms. The Labute approximate surface area is 155 Å². The Balaban J connectivity index is 1.75. The van der Waals surface area contributed by atoms with Gasteiger partial charge in [0, 0.05) is 27.9 Å². The quantitative estimate of drug-likeness (QED) is 0.597. The van der Waals surface area contributed by atoms with E-state index in [0.717, 1.165) is 14.5 Å². The Hall–Kier alpha value is -2.19. The summed E-state index contributed by atoms with van der Waals surface area (Å²) in [4.78, 5) is 16.7. The third-order valence-electron chi connectivity index (χ3n) is 3.33. The summed E-state index contributed by atoms with van der Waals surface area (Å²) in [6, 6.07) is 10.7. The predicted molar refractivity (Wildman–Crippen MR) is 98.8 cm³/mol. The molecule has 6 nitrogen and oxygen atoms in total. The maximum atomic E-state index is 12.4. The first-order valence-electron chi connectivity index (χ1n) is 7.03. The molecule has 2 heterocycles. The van der Waals surface area contributed by atoms with Crippen LogP contribution in [0.25, 0.3) is 5.82 Å². The van der Waals surface area contributed by atoms with Crippen molar-refractivity contribution in [3.05, 3.63) is 69.0 Å². The molecule has 0 saturated carbocycles.